The molecule has 7 aliphatic heterocycles. The van der Waals surface area contributed by atoms with Crippen LogP contribution in [0.25, 0.3) is 0 Å². The van der Waals surface area contributed by atoms with Crippen molar-refractivity contribution in [1.82, 2.24) is 0 Å². The van der Waals surface area contributed by atoms with Crippen LogP contribution in [0.3, 0.4) is 0 Å². The molecule has 456 valence electrons. The van der Waals surface area contributed by atoms with E-state index in [1.54, 1.807) is 0 Å². The lowest BCUT2D eigenvalue weighted by molar-refractivity contribution is -0.390. The van der Waals surface area contributed by atoms with Gasteiger partial charge in [0.05, 0.1) is 46.2 Å². The summed E-state index contributed by atoms with van der Waals surface area (Å²) in [5.41, 5.74) is 0. The van der Waals surface area contributed by atoms with Crippen LogP contribution >= 0.6 is 0 Å². The number of rotatable bonds is 26. The molecule has 0 amide bonds. The third-order valence-electron chi connectivity index (χ3n) is 15.1. The van der Waals surface area contributed by atoms with Crippen LogP contribution < -0.4 is 0 Å². The van der Waals surface area contributed by atoms with Crippen LogP contribution in [0.5, 0.6) is 0 Å². The molecule has 0 aromatic heterocycles. The molecular weight excluding hydrogens is 1080 g/mol. The van der Waals surface area contributed by atoms with E-state index in [-0.39, 0.29) is 0 Å². The molecule has 0 unspecified atom stereocenters. The molecule has 7 heterocycles. The van der Waals surface area contributed by atoms with Gasteiger partial charge in [-0.3, -0.25) is 0 Å². The zero-order valence-electron chi connectivity index (χ0n) is 41.1. The van der Waals surface area contributed by atoms with Gasteiger partial charge < -0.3 is 179 Å². The summed E-state index contributed by atoms with van der Waals surface area (Å²) in [7, 11) is 0. The van der Waals surface area contributed by atoms with Crippen molar-refractivity contribution in [1.29, 1.82) is 0 Å². The van der Waals surface area contributed by atoms with Gasteiger partial charge in [-0.1, -0.05) is 0 Å². The second kappa shape index (κ2) is 24.6. The highest BCUT2D eigenvalue weighted by molar-refractivity contribution is 5.06. The van der Waals surface area contributed by atoms with Gasteiger partial charge in [0.25, 0.3) is 0 Å². The maximum atomic E-state index is 11.7. The van der Waals surface area contributed by atoms with Crippen molar-refractivity contribution in [2.45, 2.75) is 169 Å². The van der Waals surface area contributed by atoms with Gasteiger partial charge in [-0.15, -0.1) is 0 Å². The summed E-state index contributed by atoms with van der Waals surface area (Å²) in [6.07, 6.45) is -42.5. The molecule has 7 aliphatic rings. The van der Waals surface area contributed by atoms with Gasteiger partial charge >= 0.3 is 0 Å². The maximum absolute atomic E-state index is 11.7. The van der Waals surface area contributed by atoms with E-state index in [0.29, 0.717) is 0 Å². The van der Waals surface area contributed by atoms with Crippen molar-refractivity contribution in [3.05, 3.63) is 0 Å². The molecule has 36 heteroatoms. The number of hydrogen-bond donors (Lipinski definition) is 23. The summed E-state index contributed by atoms with van der Waals surface area (Å²) < 4.78 is 74.3. The highest BCUT2D eigenvalue weighted by atomic mass is 16.8. The predicted octanol–water partition coefficient (Wildman–Crippen LogP) is -16.3. The predicted molar refractivity (Wildman–Crippen MR) is 232 cm³/mol. The van der Waals surface area contributed by atoms with Crippen LogP contribution in [-0.2, 0) is 61.6 Å². The molecule has 7 fully saturated rings. The lowest BCUT2D eigenvalue weighted by Crippen LogP contribution is -2.61. The fourth-order valence-corrected chi connectivity index (χ4v) is 10.2. The van der Waals surface area contributed by atoms with Crippen LogP contribution in [0.2, 0.25) is 0 Å². The minimum atomic E-state index is -3.00. The third-order valence-corrected chi connectivity index (χ3v) is 15.1. The van der Waals surface area contributed by atoms with Crippen LogP contribution in [0.15, 0.2) is 0 Å². The Kier molecular flexibility index (Phi) is 20.3. The number of ether oxygens (including phenoxy) is 13. The van der Waals surface area contributed by atoms with E-state index in [1.807, 2.05) is 0 Å². The molecule has 0 aromatic rings. The zero-order valence-corrected chi connectivity index (χ0v) is 41.1. The van der Waals surface area contributed by atoms with Crippen molar-refractivity contribution < 1.29 is 179 Å². The van der Waals surface area contributed by atoms with Gasteiger partial charge in [-0.05, 0) is 0 Å². The summed E-state index contributed by atoms with van der Waals surface area (Å²) in [5.74, 6) is -20.1. The molecule has 0 saturated carbocycles. The minimum Gasteiger partial charge on any atom is -0.394 e. The molecule has 23 N–H and O–H groups in total. The molecule has 28 atom stereocenters. The molecule has 0 radical (unpaired) electrons. The standard InChI is InChI=1S/C42H72O36/c43-1-15-22(51)29(58)36(65,72-15)9-66-38(31(60)24(53)17(3-45)74-38)11-68-40(33(62)26(55)19(5-47)76-40)13-70-42(35(64)28(57)21(7-49)78-42)14-71-41(34(63)27(56)20(6-48)77-41)12-69-39(32(61)25(54)18(4-46)75-39)10-67-37(8-50)30(59)23(52)16(2-44)73-37/h15-35,43-65H,1-14H2/t15-,16-,17-,18-,19-,20-,21-,22-,23-,24-,25-,26-,27-,28-,29+,30+,31+,32+,33+,34+,35+,36-,37-,38-,39-,40-,41-,42-/m1/s1. The fraction of sp³-hybridized carbons (Fsp3) is 1.00. The normalized spacial score (nSPS) is 52.4. The first-order valence-corrected chi connectivity index (χ1v) is 24.4. The Bertz CT molecular complexity index is 1940. The first kappa shape index (κ1) is 64.1. The average molecular weight is 1150 g/mol. The Balaban J connectivity index is 1.20. The number of aliphatic hydroxyl groups is 23. The van der Waals surface area contributed by atoms with E-state index in [4.69, 9.17) is 61.6 Å². The molecular formula is C42H72O36. The Morgan fingerprint density at radius 3 is 0.628 bits per heavy atom. The average Bonchev–Trinajstić information content (AvgIpc) is 4.25. The van der Waals surface area contributed by atoms with Gasteiger partial charge in [0, 0.05) is 0 Å². The van der Waals surface area contributed by atoms with Gasteiger partial charge in [0.2, 0.25) is 40.5 Å². The highest BCUT2D eigenvalue weighted by Gasteiger charge is 2.67. The van der Waals surface area contributed by atoms with Gasteiger partial charge in [0.1, 0.15) is 174 Å². The first-order valence-electron chi connectivity index (χ1n) is 24.4. The first-order chi connectivity index (χ1) is 36.7. The van der Waals surface area contributed by atoms with Crippen molar-refractivity contribution >= 4 is 0 Å². The van der Waals surface area contributed by atoms with Gasteiger partial charge in [-0.2, -0.15) is 0 Å². The molecule has 36 nitrogen and oxygen atoms in total. The summed E-state index contributed by atoms with van der Waals surface area (Å²) in [4.78, 5) is 0. The Morgan fingerprint density at radius 2 is 0.423 bits per heavy atom. The maximum Gasteiger partial charge on any atom is 0.222 e. The lowest BCUT2D eigenvalue weighted by atomic mass is 10.0. The quantitative estimate of drug-likeness (QED) is 0.0382. The molecule has 0 bridgehead atoms. The molecule has 7 rings (SSSR count). The lowest BCUT2D eigenvalue weighted by Gasteiger charge is -2.42. The van der Waals surface area contributed by atoms with Crippen LogP contribution in [-0.4, -0.2) is 379 Å². The summed E-state index contributed by atoms with van der Waals surface area (Å²) in [6, 6.07) is 0. The molecule has 0 aromatic carbocycles. The van der Waals surface area contributed by atoms with Crippen molar-refractivity contribution in [2.24, 2.45) is 0 Å². The van der Waals surface area contributed by atoms with E-state index in [1.165, 1.54) is 0 Å². The zero-order chi connectivity index (χ0) is 57.7. The number of aliphatic hydroxyl groups excluding tert-OH is 22. The second-order valence-corrected chi connectivity index (χ2v) is 20.0. The van der Waals surface area contributed by atoms with Crippen LogP contribution in [0.1, 0.15) is 0 Å². The largest absolute Gasteiger partial charge is 0.394 e. The summed E-state index contributed by atoms with van der Waals surface area (Å²) in [5, 5.41) is 246. The highest BCUT2D eigenvalue weighted by Crippen LogP contribution is 2.45. The van der Waals surface area contributed by atoms with E-state index in [2.05, 4.69) is 0 Å². The van der Waals surface area contributed by atoms with Gasteiger partial charge in [0.15, 0.2) is 0 Å². The third kappa shape index (κ3) is 11.1. The van der Waals surface area contributed by atoms with E-state index >= 15 is 0 Å². The van der Waals surface area contributed by atoms with Crippen molar-refractivity contribution in [3.63, 3.8) is 0 Å². The SMILES string of the molecule is OC[C@H]1O[C@@](CO)(OC[C@@]2(OC[C@@]3(OC[C@@]4(OC[C@@]5(OC[C@@]6(OC[C@@]7(O)O[C@H](CO)[C@@H](O)[C@@H]7O)O[C@H](CO)[C@@H](O)[C@@H]6O)O[C@H](CO)[C@@H](O)[C@@H]5O)O[C@H](CO)[C@@H](O)[C@@H]4O)O[C@H](CO)[C@@H](O)[C@@H]3O)O[C@H](CO)[C@@H](O)[C@@H]2O)[C@@H](O)[C@@H]1O. The van der Waals surface area contributed by atoms with Crippen molar-refractivity contribution in [2.75, 3.05) is 92.5 Å². The fourth-order valence-electron chi connectivity index (χ4n) is 10.2. The molecule has 0 aliphatic carbocycles. The monoisotopic (exact) mass is 1150 g/mol. The second-order valence-electron chi connectivity index (χ2n) is 20.0. The molecule has 78 heavy (non-hydrogen) atoms. The van der Waals surface area contributed by atoms with Crippen molar-refractivity contribution in [3.8, 4) is 0 Å². The van der Waals surface area contributed by atoms with Crippen LogP contribution in [0, 0.1) is 0 Å². The Hall–Kier alpha value is -1.44. The van der Waals surface area contributed by atoms with Crippen LogP contribution in [0.4, 0.5) is 0 Å². The smallest absolute Gasteiger partial charge is 0.222 e. The topological polar surface area (TPSA) is 585 Å². The van der Waals surface area contributed by atoms with E-state index in [9.17, 15) is 117 Å². The summed E-state index contributed by atoms with van der Waals surface area (Å²) in [6.45, 7) is -16.5. The Morgan fingerprint density at radius 1 is 0.244 bits per heavy atom. The number of hydrogen-bond acceptors (Lipinski definition) is 36. The minimum absolute atomic E-state index is 0.911. The summed E-state index contributed by atoms with van der Waals surface area (Å²) >= 11 is 0. The Labute approximate surface area is 439 Å². The molecule has 7 saturated heterocycles. The van der Waals surface area contributed by atoms with E-state index < -0.39 is 261 Å². The molecule has 0 spiro atoms. The van der Waals surface area contributed by atoms with Gasteiger partial charge in [-0.25, -0.2) is 0 Å². The van der Waals surface area contributed by atoms with E-state index in [0.717, 1.165) is 0 Å².